The van der Waals surface area contributed by atoms with E-state index in [2.05, 4.69) is 284 Å². The number of aromatic amines is 1. The molecule has 6 aliphatic rings. The largest absolute Gasteiger partial charge is 0.332 e. The molecule has 0 aliphatic carbocycles. The Morgan fingerprint density at radius 1 is 0.617 bits per heavy atom. The van der Waals surface area contributed by atoms with Gasteiger partial charge in [0.25, 0.3) is 0 Å². The molecular formula is C62H107N19. The number of azo groups is 3. The van der Waals surface area contributed by atoms with Crippen molar-refractivity contribution in [2.45, 2.75) is 209 Å². The molecule has 19 heteroatoms. The third-order valence-electron chi connectivity index (χ3n) is 12.2. The van der Waals surface area contributed by atoms with Crippen LogP contribution in [0.5, 0.6) is 0 Å². The van der Waals surface area contributed by atoms with Gasteiger partial charge < -0.3 is 4.57 Å². The standard InChI is InChI=1S/8C7H12N2.C6H11N3/c1-7(2,3)6-4-8-5-9-6;3*1-7(2,3)6-4-8-9-5-6;1-7(2,3)9-5-4-8-6-9;1-7(2,3)9-6-4-5-8-9;2*1-7(2,3)6-4-5-8-9-6;1-6(2,3)5-4-7-9-8-5/h2*4H,5H2,1-3H3;4-5H,1-3H3,(H,8,9);3*4-6H,1-3H3;4H,5H2,1-3H3;4-6H,1-3H3;4H2,1-3H3. The first-order valence-electron chi connectivity index (χ1n) is 28.2. The van der Waals surface area contributed by atoms with Gasteiger partial charge >= 0.3 is 0 Å². The van der Waals surface area contributed by atoms with Crippen LogP contribution in [0, 0.1) is 38.4 Å². The van der Waals surface area contributed by atoms with E-state index in [0.29, 0.717) is 19.1 Å². The summed E-state index contributed by atoms with van der Waals surface area (Å²) in [6.45, 7) is 60.9. The molecule has 0 radical (unpaired) electrons. The number of H-pyrrole nitrogens is 1. The number of aromatic nitrogens is 6. The van der Waals surface area contributed by atoms with E-state index in [-0.39, 0.29) is 55.0 Å². The Hall–Kier alpha value is -6.40. The third-order valence-corrected chi connectivity index (χ3v) is 12.2. The molecule has 0 saturated carbocycles. The van der Waals surface area contributed by atoms with Crippen LogP contribution in [0.4, 0.5) is 0 Å². The summed E-state index contributed by atoms with van der Waals surface area (Å²) in [6.07, 6.45) is 26.5. The smallest absolute Gasteiger partial charge is 0.129 e. The van der Waals surface area contributed by atoms with Gasteiger partial charge in [0.15, 0.2) is 0 Å². The summed E-state index contributed by atoms with van der Waals surface area (Å²) < 4.78 is 4.01. The van der Waals surface area contributed by atoms with Crippen LogP contribution in [-0.2, 0) is 16.5 Å². The molecule has 6 aliphatic heterocycles. The molecular weight excluding hydrogens is 1010 g/mol. The Morgan fingerprint density at radius 2 is 1.26 bits per heavy atom. The van der Waals surface area contributed by atoms with E-state index in [4.69, 9.17) is 0 Å². The average molecular weight is 1120 g/mol. The normalized spacial score (nSPS) is 17.1. The zero-order valence-electron chi connectivity index (χ0n) is 55.2. The first kappa shape index (κ1) is 72.6. The number of nitrogens with one attached hydrogen (secondary N) is 1. The number of imidazole rings is 1. The van der Waals surface area contributed by atoms with Gasteiger partial charge in [-0.1, -0.05) is 145 Å². The first-order chi connectivity index (χ1) is 36.9. The minimum absolute atomic E-state index is 0.128. The fraction of sp³-hybridized carbons (Fsp3) is 0.677. The van der Waals surface area contributed by atoms with Crippen LogP contribution >= 0.6 is 0 Å². The van der Waals surface area contributed by atoms with Crippen LogP contribution in [-0.4, -0.2) is 91.9 Å². The lowest BCUT2D eigenvalue weighted by molar-refractivity contribution is 0.355. The summed E-state index contributed by atoms with van der Waals surface area (Å²) in [6, 6.07) is 2.23. The molecule has 1 unspecified atom stereocenters. The second-order valence-corrected chi connectivity index (χ2v) is 29.3. The third kappa shape index (κ3) is 30.8. The van der Waals surface area contributed by atoms with Crippen molar-refractivity contribution in [1.29, 1.82) is 0 Å². The molecule has 0 spiro atoms. The molecule has 3 aromatic heterocycles. The molecule has 1 N–H and O–H groups in total. The van der Waals surface area contributed by atoms with Crippen molar-refractivity contribution in [3.8, 4) is 0 Å². The zero-order chi connectivity index (χ0) is 62.2. The van der Waals surface area contributed by atoms with E-state index in [1.54, 1.807) is 18.6 Å². The van der Waals surface area contributed by atoms with Crippen molar-refractivity contribution in [1.82, 2.24) is 29.5 Å². The molecule has 19 nitrogen and oxygen atoms in total. The number of hydrogen-bond acceptors (Lipinski definition) is 16. The van der Waals surface area contributed by atoms with Crippen molar-refractivity contribution >= 4 is 30.1 Å². The highest BCUT2D eigenvalue weighted by molar-refractivity contribution is 6.33. The molecule has 0 saturated heterocycles. The molecule has 9 heterocycles. The van der Waals surface area contributed by atoms with Gasteiger partial charge in [0, 0.05) is 83.5 Å². The van der Waals surface area contributed by atoms with Crippen LogP contribution in [0.15, 0.2) is 152 Å². The van der Waals surface area contributed by atoms with Crippen LogP contribution < -0.4 is 0 Å². The van der Waals surface area contributed by atoms with Crippen molar-refractivity contribution in [2.24, 2.45) is 105 Å². The zero-order valence-corrected chi connectivity index (χ0v) is 55.2. The summed E-state index contributed by atoms with van der Waals surface area (Å²) in [5.41, 5.74) is 7.68. The summed E-state index contributed by atoms with van der Waals surface area (Å²) in [4.78, 5) is 12.2. The first-order valence-corrected chi connectivity index (χ1v) is 28.2. The predicted molar refractivity (Wildman–Crippen MR) is 340 cm³/mol. The quantitative estimate of drug-likeness (QED) is 0.232. The fourth-order valence-electron chi connectivity index (χ4n) is 6.18. The van der Waals surface area contributed by atoms with Gasteiger partial charge in [0.05, 0.1) is 60.5 Å². The van der Waals surface area contributed by atoms with Gasteiger partial charge in [0.1, 0.15) is 13.2 Å². The topological polar surface area (TPSA) is 225 Å². The van der Waals surface area contributed by atoms with Crippen molar-refractivity contribution in [3.05, 3.63) is 91.0 Å². The molecule has 0 fully saturated rings. The molecule has 0 amide bonds. The SMILES string of the molecule is CC(C)(C)C1=CCN=N1.CC(C)(C)C1=CN=NC1.CC(C)(C)C1=NCN=C1.CC(C)(C)C1=NN=NC1.CC(C)(C)C1C=CN=N1.CC(C)(C)C1C=NN=C1.CC(C)(C)c1cn[nH]c1.CC(C)(C)n1cccn1.CC(C)(C)n1ccnc1. The minimum atomic E-state index is 0.128. The van der Waals surface area contributed by atoms with Crippen LogP contribution in [0.25, 0.3) is 0 Å². The second-order valence-electron chi connectivity index (χ2n) is 29.3. The predicted octanol–water partition coefficient (Wildman–Crippen LogP) is 17.2. The summed E-state index contributed by atoms with van der Waals surface area (Å²) in [5, 5.41) is 52.8. The van der Waals surface area contributed by atoms with E-state index in [1.165, 1.54) is 11.1 Å². The van der Waals surface area contributed by atoms with E-state index in [0.717, 1.165) is 30.2 Å². The summed E-state index contributed by atoms with van der Waals surface area (Å²) in [5.74, 6) is 0.428. The molecule has 450 valence electrons. The second kappa shape index (κ2) is 31.7. The number of hydrogen-bond donors (Lipinski definition) is 1. The highest BCUT2D eigenvalue weighted by atomic mass is 15.4. The Kier molecular flexibility index (Phi) is 28.4. The number of aliphatic imine (C=N–C) groups is 2. The van der Waals surface area contributed by atoms with E-state index >= 15 is 0 Å². The van der Waals surface area contributed by atoms with Gasteiger partial charge in [-0.3, -0.25) is 19.8 Å². The number of allylic oxidation sites excluding steroid dienone is 1. The van der Waals surface area contributed by atoms with Crippen molar-refractivity contribution < 1.29 is 0 Å². The van der Waals surface area contributed by atoms with Crippen LogP contribution in [0.2, 0.25) is 0 Å². The van der Waals surface area contributed by atoms with Gasteiger partial charge in [-0.25, -0.2) is 4.98 Å². The van der Waals surface area contributed by atoms with Gasteiger partial charge in [-0.2, -0.15) is 56.2 Å². The van der Waals surface area contributed by atoms with Crippen LogP contribution in [0.3, 0.4) is 0 Å². The number of nitrogens with zero attached hydrogens (tertiary/aromatic N) is 18. The number of rotatable bonds is 0. The van der Waals surface area contributed by atoms with E-state index in [9.17, 15) is 0 Å². The lowest BCUT2D eigenvalue weighted by Gasteiger charge is -2.20. The lowest BCUT2D eigenvalue weighted by Crippen LogP contribution is -2.21. The minimum Gasteiger partial charge on any atom is -0.332 e. The van der Waals surface area contributed by atoms with Gasteiger partial charge in [-0.05, 0) is 97.8 Å². The maximum absolute atomic E-state index is 4.20. The Balaban J connectivity index is 0.000000456. The maximum Gasteiger partial charge on any atom is 0.129 e. The summed E-state index contributed by atoms with van der Waals surface area (Å²) >= 11 is 0. The van der Waals surface area contributed by atoms with Crippen molar-refractivity contribution in [2.75, 3.05) is 26.3 Å². The monoisotopic (exact) mass is 1120 g/mol. The van der Waals surface area contributed by atoms with Gasteiger partial charge in [-0.15, -0.1) is 5.10 Å². The highest BCUT2D eigenvalue weighted by Gasteiger charge is 2.25. The Labute approximate surface area is 489 Å². The molecule has 9 rings (SSSR count). The van der Waals surface area contributed by atoms with Gasteiger partial charge in [0.2, 0.25) is 0 Å². The Morgan fingerprint density at radius 3 is 1.48 bits per heavy atom. The molecule has 1 atom stereocenters. The fourth-order valence-corrected chi connectivity index (χ4v) is 6.18. The molecule has 0 aromatic carbocycles. The molecule has 81 heavy (non-hydrogen) atoms. The van der Waals surface area contributed by atoms with E-state index < -0.39 is 0 Å². The summed E-state index contributed by atoms with van der Waals surface area (Å²) in [7, 11) is 0. The highest BCUT2D eigenvalue weighted by Crippen LogP contribution is 2.30. The van der Waals surface area contributed by atoms with E-state index in [1.807, 2.05) is 72.8 Å². The lowest BCUT2D eigenvalue weighted by atomic mass is 9.83. The average Bonchev–Trinajstić information content (AvgIpc) is 4.21. The van der Waals surface area contributed by atoms with Crippen molar-refractivity contribution in [3.63, 3.8) is 0 Å². The van der Waals surface area contributed by atoms with Crippen LogP contribution in [0.1, 0.15) is 193 Å². The Bertz CT molecular complexity index is 2370. The molecule has 3 aromatic rings. The molecule has 0 bridgehead atoms. The maximum atomic E-state index is 4.20.